The minimum Gasteiger partial charge on any atom is -0.383 e. The summed E-state index contributed by atoms with van der Waals surface area (Å²) in [5.41, 5.74) is 7.09. The zero-order valence-electron chi connectivity index (χ0n) is 11.4. The summed E-state index contributed by atoms with van der Waals surface area (Å²) in [6.45, 7) is 5.66. The number of nitrogens with two attached hydrogens (primary N) is 1. The Morgan fingerprint density at radius 2 is 2.28 bits per heavy atom. The van der Waals surface area contributed by atoms with E-state index in [1.54, 1.807) is 6.20 Å². The summed E-state index contributed by atoms with van der Waals surface area (Å²) in [7, 11) is 0. The molecule has 0 bridgehead atoms. The number of rotatable bonds is 4. The molecule has 2 rings (SSSR count). The van der Waals surface area contributed by atoms with Gasteiger partial charge in [0.1, 0.15) is 5.82 Å². The fourth-order valence-electron chi connectivity index (χ4n) is 2.91. The second kappa shape index (κ2) is 6.74. The van der Waals surface area contributed by atoms with Crippen LogP contribution in [0.5, 0.6) is 0 Å². The Morgan fingerprint density at radius 1 is 1.39 bits per heavy atom. The number of pyridine rings is 1. The van der Waals surface area contributed by atoms with E-state index in [4.69, 9.17) is 5.73 Å². The van der Waals surface area contributed by atoms with E-state index >= 15 is 0 Å². The summed E-state index contributed by atoms with van der Waals surface area (Å²) in [6, 6.07) is 4.07. The summed E-state index contributed by atoms with van der Waals surface area (Å²) >= 11 is 0. The van der Waals surface area contributed by atoms with Crippen molar-refractivity contribution in [3.63, 3.8) is 0 Å². The molecule has 0 aliphatic carbocycles. The highest BCUT2D eigenvalue weighted by Gasteiger charge is 2.17. The lowest BCUT2D eigenvalue weighted by Gasteiger charge is -2.20. The Morgan fingerprint density at radius 3 is 3.06 bits per heavy atom. The fourth-order valence-corrected chi connectivity index (χ4v) is 2.91. The van der Waals surface area contributed by atoms with Crippen molar-refractivity contribution >= 4 is 5.82 Å². The number of nitrogen functional groups attached to an aromatic ring is 1. The Bertz CT molecular complexity index is 365. The smallest absolute Gasteiger partial charge is 0.127 e. The van der Waals surface area contributed by atoms with Gasteiger partial charge in [0.05, 0.1) is 0 Å². The van der Waals surface area contributed by atoms with Gasteiger partial charge in [0.15, 0.2) is 0 Å². The molecule has 0 amide bonds. The summed E-state index contributed by atoms with van der Waals surface area (Å²) < 4.78 is 0. The van der Waals surface area contributed by atoms with E-state index in [9.17, 15) is 0 Å². The van der Waals surface area contributed by atoms with Crippen LogP contribution in [0.4, 0.5) is 5.82 Å². The van der Waals surface area contributed by atoms with Gasteiger partial charge in [0.2, 0.25) is 0 Å². The summed E-state index contributed by atoms with van der Waals surface area (Å²) in [5.74, 6) is 1.62. The van der Waals surface area contributed by atoms with Gasteiger partial charge in [0, 0.05) is 18.3 Å². The van der Waals surface area contributed by atoms with Crippen LogP contribution in [0, 0.1) is 5.92 Å². The summed E-state index contributed by atoms with van der Waals surface area (Å²) in [4.78, 5) is 6.69. The molecule has 1 fully saturated rings. The standard InChI is InChI=1S/C15H25N3/c1-2-5-13-6-4-10-18(11-8-13)12-14-7-3-9-17-15(14)16/h3,7,9,13H,2,4-6,8,10-12H2,1H3,(H2,16,17). The first-order valence-electron chi connectivity index (χ1n) is 7.21. The molecule has 1 aliphatic rings. The lowest BCUT2D eigenvalue weighted by molar-refractivity contribution is 0.271. The SMILES string of the molecule is CCCC1CCCN(Cc2cccnc2N)CC1. The molecular weight excluding hydrogens is 222 g/mol. The molecule has 100 valence electrons. The topological polar surface area (TPSA) is 42.2 Å². The Kier molecular flexibility index (Phi) is 5.00. The predicted molar refractivity (Wildman–Crippen MR) is 76.2 cm³/mol. The van der Waals surface area contributed by atoms with Crippen LogP contribution >= 0.6 is 0 Å². The van der Waals surface area contributed by atoms with Crippen LogP contribution in [-0.2, 0) is 6.54 Å². The van der Waals surface area contributed by atoms with Crippen molar-refractivity contribution in [1.82, 2.24) is 9.88 Å². The van der Waals surface area contributed by atoms with E-state index in [0.717, 1.165) is 12.5 Å². The van der Waals surface area contributed by atoms with Crippen molar-refractivity contribution in [1.29, 1.82) is 0 Å². The van der Waals surface area contributed by atoms with Gasteiger partial charge in [-0.05, 0) is 44.3 Å². The van der Waals surface area contributed by atoms with E-state index < -0.39 is 0 Å². The minimum absolute atomic E-state index is 0.687. The first-order chi connectivity index (χ1) is 8.79. The molecular formula is C15H25N3. The predicted octanol–water partition coefficient (Wildman–Crippen LogP) is 3.07. The van der Waals surface area contributed by atoms with Crippen LogP contribution in [0.3, 0.4) is 0 Å². The van der Waals surface area contributed by atoms with Gasteiger partial charge in [-0.15, -0.1) is 0 Å². The second-order valence-electron chi connectivity index (χ2n) is 5.41. The Hall–Kier alpha value is -1.09. The minimum atomic E-state index is 0.687. The van der Waals surface area contributed by atoms with E-state index in [2.05, 4.69) is 22.9 Å². The summed E-state index contributed by atoms with van der Waals surface area (Å²) in [5, 5.41) is 0. The third-order valence-corrected chi connectivity index (χ3v) is 3.96. The first kappa shape index (κ1) is 13.3. The van der Waals surface area contributed by atoms with Crippen LogP contribution in [0.15, 0.2) is 18.3 Å². The lowest BCUT2D eigenvalue weighted by Crippen LogP contribution is -2.25. The second-order valence-corrected chi connectivity index (χ2v) is 5.41. The number of hydrogen-bond acceptors (Lipinski definition) is 3. The molecule has 1 aromatic heterocycles. The van der Waals surface area contributed by atoms with Crippen molar-refractivity contribution in [2.24, 2.45) is 5.92 Å². The molecule has 0 radical (unpaired) electrons. The molecule has 2 N–H and O–H groups in total. The van der Waals surface area contributed by atoms with Crippen LogP contribution < -0.4 is 5.73 Å². The molecule has 0 aromatic carbocycles. The quantitative estimate of drug-likeness (QED) is 0.889. The van der Waals surface area contributed by atoms with Crippen LogP contribution in [0.1, 0.15) is 44.6 Å². The number of likely N-dealkylation sites (tertiary alicyclic amines) is 1. The highest BCUT2D eigenvalue weighted by Crippen LogP contribution is 2.23. The highest BCUT2D eigenvalue weighted by molar-refractivity contribution is 5.38. The van der Waals surface area contributed by atoms with Gasteiger partial charge in [-0.25, -0.2) is 4.98 Å². The van der Waals surface area contributed by atoms with E-state index in [-0.39, 0.29) is 0 Å². The highest BCUT2D eigenvalue weighted by atomic mass is 15.1. The average Bonchev–Trinajstić information content (AvgIpc) is 2.59. The van der Waals surface area contributed by atoms with Gasteiger partial charge in [-0.2, -0.15) is 0 Å². The van der Waals surface area contributed by atoms with Crippen molar-refractivity contribution in [3.05, 3.63) is 23.9 Å². The third-order valence-electron chi connectivity index (χ3n) is 3.96. The van der Waals surface area contributed by atoms with Crippen LogP contribution in [0.25, 0.3) is 0 Å². The van der Waals surface area contributed by atoms with Gasteiger partial charge >= 0.3 is 0 Å². The molecule has 3 nitrogen and oxygen atoms in total. The van der Waals surface area contributed by atoms with Crippen molar-refractivity contribution in [2.45, 2.75) is 45.6 Å². The Labute approximate surface area is 110 Å². The maximum Gasteiger partial charge on any atom is 0.127 e. The van der Waals surface area contributed by atoms with E-state index in [1.165, 1.54) is 50.8 Å². The molecule has 1 aliphatic heterocycles. The van der Waals surface area contributed by atoms with Crippen molar-refractivity contribution in [2.75, 3.05) is 18.8 Å². The van der Waals surface area contributed by atoms with Crippen molar-refractivity contribution < 1.29 is 0 Å². The van der Waals surface area contributed by atoms with Crippen LogP contribution in [0.2, 0.25) is 0 Å². The molecule has 2 heterocycles. The molecule has 18 heavy (non-hydrogen) atoms. The summed E-state index contributed by atoms with van der Waals surface area (Å²) in [6.07, 6.45) is 8.54. The van der Waals surface area contributed by atoms with E-state index in [0.29, 0.717) is 5.82 Å². The molecule has 1 unspecified atom stereocenters. The molecule has 0 spiro atoms. The lowest BCUT2D eigenvalue weighted by atomic mass is 9.96. The maximum absolute atomic E-state index is 5.91. The molecule has 0 saturated carbocycles. The normalized spacial score (nSPS) is 21.7. The first-order valence-corrected chi connectivity index (χ1v) is 7.21. The molecule has 1 aromatic rings. The number of aromatic nitrogens is 1. The fraction of sp³-hybridized carbons (Fsp3) is 0.667. The van der Waals surface area contributed by atoms with Crippen LogP contribution in [-0.4, -0.2) is 23.0 Å². The molecule has 1 saturated heterocycles. The van der Waals surface area contributed by atoms with Gasteiger partial charge in [0.25, 0.3) is 0 Å². The third kappa shape index (κ3) is 3.70. The molecule has 1 atom stereocenters. The van der Waals surface area contributed by atoms with Gasteiger partial charge in [-0.1, -0.05) is 25.8 Å². The van der Waals surface area contributed by atoms with E-state index in [1.807, 2.05) is 6.07 Å². The zero-order chi connectivity index (χ0) is 12.8. The number of hydrogen-bond donors (Lipinski definition) is 1. The average molecular weight is 247 g/mol. The van der Waals surface area contributed by atoms with Gasteiger partial charge in [-0.3, -0.25) is 4.90 Å². The monoisotopic (exact) mass is 247 g/mol. The maximum atomic E-state index is 5.91. The zero-order valence-corrected chi connectivity index (χ0v) is 11.4. The van der Waals surface area contributed by atoms with Crippen molar-refractivity contribution in [3.8, 4) is 0 Å². The number of anilines is 1. The Balaban J connectivity index is 1.89. The molecule has 3 heteroatoms. The largest absolute Gasteiger partial charge is 0.383 e. The van der Waals surface area contributed by atoms with Gasteiger partial charge < -0.3 is 5.73 Å². The number of nitrogens with zero attached hydrogens (tertiary/aromatic N) is 2.